The Morgan fingerprint density at radius 2 is 2.31 bits per heavy atom. The molecule has 0 aliphatic heterocycles. The Kier molecular flexibility index (Phi) is 3.12. The smallest absolute Gasteiger partial charge is 0.316 e. The first-order chi connectivity index (χ1) is 6.15. The Hall–Kier alpha value is -1.25. The predicted molar refractivity (Wildman–Crippen MR) is 48.5 cm³/mol. The number of aryl methyl sites for hydroxylation is 1. The standard InChI is InChI=1S/C10H14O3/c1-4-12-10(11)8(3)9-6-5-7(2)13-9/h5-6,8H,4H2,1-3H3. The van der Waals surface area contributed by atoms with Gasteiger partial charge in [0.1, 0.15) is 17.4 Å². The third kappa shape index (κ3) is 2.34. The third-order valence-corrected chi connectivity index (χ3v) is 1.83. The first-order valence-corrected chi connectivity index (χ1v) is 4.38. The van der Waals surface area contributed by atoms with Gasteiger partial charge in [0.15, 0.2) is 0 Å². The lowest BCUT2D eigenvalue weighted by atomic mass is 10.1. The van der Waals surface area contributed by atoms with E-state index in [2.05, 4.69) is 0 Å². The zero-order valence-corrected chi connectivity index (χ0v) is 8.16. The van der Waals surface area contributed by atoms with E-state index < -0.39 is 0 Å². The second kappa shape index (κ2) is 4.12. The van der Waals surface area contributed by atoms with Crippen molar-refractivity contribution >= 4 is 5.97 Å². The summed E-state index contributed by atoms with van der Waals surface area (Å²) >= 11 is 0. The van der Waals surface area contributed by atoms with Crippen molar-refractivity contribution in [2.45, 2.75) is 26.7 Å². The molecule has 1 aromatic heterocycles. The highest BCUT2D eigenvalue weighted by atomic mass is 16.5. The molecule has 1 unspecified atom stereocenters. The second-order valence-electron chi connectivity index (χ2n) is 2.92. The van der Waals surface area contributed by atoms with Crippen LogP contribution in [-0.2, 0) is 9.53 Å². The lowest BCUT2D eigenvalue weighted by molar-refractivity contribution is -0.144. The molecule has 13 heavy (non-hydrogen) atoms. The van der Waals surface area contributed by atoms with Crippen LogP contribution >= 0.6 is 0 Å². The largest absolute Gasteiger partial charge is 0.465 e. The first kappa shape index (κ1) is 9.84. The molecule has 1 heterocycles. The van der Waals surface area contributed by atoms with Crippen LogP contribution in [0, 0.1) is 6.92 Å². The Bertz CT molecular complexity index is 288. The molecule has 0 bridgehead atoms. The van der Waals surface area contributed by atoms with Crippen LogP contribution in [0.5, 0.6) is 0 Å². The van der Waals surface area contributed by atoms with Gasteiger partial charge in [-0.2, -0.15) is 0 Å². The van der Waals surface area contributed by atoms with Crippen LogP contribution in [0.15, 0.2) is 16.5 Å². The van der Waals surface area contributed by atoms with E-state index in [-0.39, 0.29) is 11.9 Å². The molecule has 0 aliphatic carbocycles. The van der Waals surface area contributed by atoms with E-state index in [1.165, 1.54) is 0 Å². The summed E-state index contributed by atoms with van der Waals surface area (Å²) in [7, 11) is 0. The van der Waals surface area contributed by atoms with E-state index in [9.17, 15) is 4.79 Å². The molecule has 3 nitrogen and oxygen atoms in total. The van der Waals surface area contributed by atoms with Crippen molar-refractivity contribution in [2.24, 2.45) is 0 Å². The van der Waals surface area contributed by atoms with Crippen LogP contribution in [0.4, 0.5) is 0 Å². The van der Waals surface area contributed by atoms with E-state index in [0.29, 0.717) is 12.4 Å². The zero-order chi connectivity index (χ0) is 9.84. The maximum atomic E-state index is 11.3. The second-order valence-corrected chi connectivity index (χ2v) is 2.92. The first-order valence-electron chi connectivity index (χ1n) is 4.38. The summed E-state index contributed by atoms with van der Waals surface area (Å²) < 4.78 is 10.2. The van der Waals surface area contributed by atoms with E-state index in [1.54, 1.807) is 19.9 Å². The Morgan fingerprint density at radius 1 is 1.62 bits per heavy atom. The van der Waals surface area contributed by atoms with Gasteiger partial charge < -0.3 is 9.15 Å². The molecule has 3 heteroatoms. The third-order valence-electron chi connectivity index (χ3n) is 1.83. The van der Waals surface area contributed by atoms with Crippen LogP contribution < -0.4 is 0 Å². The number of carbonyl (C=O) groups is 1. The molecule has 1 atom stereocenters. The molecule has 0 amide bonds. The zero-order valence-electron chi connectivity index (χ0n) is 8.16. The summed E-state index contributed by atoms with van der Waals surface area (Å²) in [4.78, 5) is 11.3. The normalized spacial score (nSPS) is 12.5. The van der Waals surface area contributed by atoms with Crippen LogP contribution in [0.1, 0.15) is 31.3 Å². The van der Waals surface area contributed by atoms with Gasteiger partial charge in [-0.3, -0.25) is 4.79 Å². The number of furan rings is 1. The maximum Gasteiger partial charge on any atom is 0.316 e. The van der Waals surface area contributed by atoms with Crippen molar-refractivity contribution in [3.8, 4) is 0 Å². The Labute approximate surface area is 77.7 Å². The van der Waals surface area contributed by atoms with Crippen LogP contribution in [0.2, 0.25) is 0 Å². The van der Waals surface area contributed by atoms with Crippen LogP contribution in [0.25, 0.3) is 0 Å². The molecule has 0 N–H and O–H groups in total. The number of carbonyl (C=O) groups excluding carboxylic acids is 1. The predicted octanol–water partition coefficient (Wildman–Crippen LogP) is 2.25. The Morgan fingerprint density at radius 3 is 2.77 bits per heavy atom. The van der Waals surface area contributed by atoms with Gasteiger partial charge in [-0.15, -0.1) is 0 Å². The van der Waals surface area contributed by atoms with Crippen molar-refractivity contribution in [3.05, 3.63) is 23.7 Å². The minimum atomic E-state index is -0.311. The molecular weight excluding hydrogens is 168 g/mol. The molecule has 0 spiro atoms. The quantitative estimate of drug-likeness (QED) is 0.673. The van der Waals surface area contributed by atoms with Crippen LogP contribution in [0.3, 0.4) is 0 Å². The molecule has 0 aliphatic rings. The summed E-state index contributed by atoms with van der Waals surface area (Å²) in [6.07, 6.45) is 0. The highest BCUT2D eigenvalue weighted by Gasteiger charge is 2.19. The number of rotatable bonds is 3. The number of hydrogen-bond acceptors (Lipinski definition) is 3. The number of ether oxygens (including phenoxy) is 1. The van der Waals surface area contributed by atoms with Crippen molar-refractivity contribution in [3.63, 3.8) is 0 Å². The van der Waals surface area contributed by atoms with Crippen molar-refractivity contribution in [1.29, 1.82) is 0 Å². The van der Waals surface area contributed by atoms with Gasteiger partial charge in [0.05, 0.1) is 6.61 Å². The minimum Gasteiger partial charge on any atom is -0.465 e. The lowest BCUT2D eigenvalue weighted by Crippen LogP contribution is -2.12. The summed E-state index contributed by atoms with van der Waals surface area (Å²) in [5.74, 6) is 0.924. The monoisotopic (exact) mass is 182 g/mol. The average Bonchev–Trinajstić information content (AvgIpc) is 2.51. The van der Waals surface area contributed by atoms with Gasteiger partial charge >= 0.3 is 5.97 Å². The molecule has 0 saturated heterocycles. The SMILES string of the molecule is CCOC(=O)C(C)c1ccc(C)o1. The molecular formula is C10H14O3. The number of esters is 1. The van der Waals surface area contributed by atoms with Gasteiger partial charge in [0.2, 0.25) is 0 Å². The molecule has 1 rings (SSSR count). The van der Waals surface area contributed by atoms with E-state index >= 15 is 0 Å². The summed E-state index contributed by atoms with van der Waals surface area (Å²) in [5, 5.41) is 0. The van der Waals surface area contributed by atoms with Crippen molar-refractivity contribution in [1.82, 2.24) is 0 Å². The van der Waals surface area contributed by atoms with Crippen molar-refractivity contribution < 1.29 is 13.9 Å². The van der Waals surface area contributed by atoms with Gasteiger partial charge in [-0.05, 0) is 32.9 Å². The van der Waals surface area contributed by atoms with Gasteiger partial charge in [0.25, 0.3) is 0 Å². The highest BCUT2D eigenvalue weighted by molar-refractivity contribution is 5.76. The summed E-state index contributed by atoms with van der Waals surface area (Å²) in [5.41, 5.74) is 0. The number of hydrogen-bond donors (Lipinski definition) is 0. The lowest BCUT2D eigenvalue weighted by Gasteiger charge is -2.06. The topological polar surface area (TPSA) is 39.4 Å². The summed E-state index contributed by atoms with van der Waals surface area (Å²) in [6, 6.07) is 3.64. The highest BCUT2D eigenvalue weighted by Crippen LogP contribution is 2.19. The molecule has 0 aromatic carbocycles. The average molecular weight is 182 g/mol. The summed E-state index contributed by atoms with van der Waals surface area (Å²) in [6.45, 7) is 5.82. The molecule has 1 aromatic rings. The molecule has 0 fully saturated rings. The molecule has 0 radical (unpaired) electrons. The van der Waals surface area contributed by atoms with Gasteiger partial charge in [-0.25, -0.2) is 0 Å². The van der Waals surface area contributed by atoms with E-state index in [1.807, 2.05) is 13.0 Å². The van der Waals surface area contributed by atoms with Crippen molar-refractivity contribution in [2.75, 3.05) is 6.61 Å². The molecule has 72 valence electrons. The van der Waals surface area contributed by atoms with Gasteiger partial charge in [0, 0.05) is 0 Å². The fraction of sp³-hybridized carbons (Fsp3) is 0.500. The molecule has 0 saturated carbocycles. The fourth-order valence-corrected chi connectivity index (χ4v) is 1.07. The fourth-order valence-electron chi connectivity index (χ4n) is 1.07. The van der Waals surface area contributed by atoms with E-state index in [0.717, 1.165) is 5.76 Å². The van der Waals surface area contributed by atoms with Crippen LogP contribution in [-0.4, -0.2) is 12.6 Å². The maximum absolute atomic E-state index is 11.3. The van der Waals surface area contributed by atoms with E-state index in [4.69, 9.17) is 9.15 Å². The van der Waals surface area contributed by atoms with Gasteiger partial charge in [-0.1, -0.05) is 0 Å². The minimum absolute atomic E-state index is 0.239. The Balaban J connectivity index is 2.67.